The number of allylic oxidation sites excluding steroid dienone is 1. The van der Waals surface area contributed by atoms with Crippen molar-refractivity contribution in [3.8, 4) is 0 Å². The third kappa shape index (κ3) is 3.32. The van der Waals surface area contributed by atoms with Crippen molar-refractivity contribution in [2.24, 2.45) is 0 Å². The summed E-state index contributed by atoms with van der Waals surface area (Å²) in [5.74, 6) is 0.253. The zero-order valence-corrected chi connectivity index (χ0v) is 11.0. The maximum atomic E-state index is 12.3. The fourth-order valence-electron chi connectivity index (χ4n) is 2.55. The van der Waals surface area contributed by atoms with Crippen LogP contribution in [0.5, 0.6) is 0 Å². The van der Waals surface area contributed by atoms with E-state index in [1.54, 1.807) is 0 Å². The predicted octanol–water partition coefficient (Wildman–Crippen LogP) is 2.09. The van der Waals surface area contributed by atoms with Gasteiger partial charge in [-0.1, -0.05) is 13.0 Å². The quantitative estimate of drug-likeness (QED) is 0.741. The lowest BCUT2D eigenvalue weighted by molar-refractivity contribution is -0.128. The first-order valence-corrected chi connectivity index (χ1v) is 6.93. The van der Waals surface area contributed by atoms with Crippen LogP contribution in [0, 0.1) is 0 Å². The van der Waals surface area contributed by atoms with Gasteiger partial charge in [0.1, 0.15) is 0 Å². The molecule has 3 nitrogen and oxygen atoms in total. The lowest BCUT2D eigenvalue weighted by Crippen LogP contribution is -2.42. The van der Waals surface area contributed by atoms with Crippen molar-refractivity contribution in [2.75, 3.05) is 13.1 Å². The molecule has 0 aromatic rings. The Morgan fingerprint density at radius 3 is 2.71 bits per heavy atom. The molecule has 1 aliphatic carbocycles. The molecular formula is C14H24N2O. The van der Waals surface area contributed by atoms with E-state index in [9.17, 15) is 4.79 Å². The second-order valence-electron chi connectivity index (χ2n) is 5.28. The van der Waals surface area contributed by atoms with E-state index >= 15 is 0 Å². The molecule has 96 valence electrons. The van der Waals surface area contributed by atoms with Gasteiger partial charge in [0.2, 0.25) is 5.91 Å². The predicted molar refractivity (Wildman–Crippen MR) is 69.8 cm³/mol. The van der Waals surface area contributed by atoms with Gasteiger partial charge in [-0.3, -0.25) is 4.79 Å². The fraction of sp³-hybridized carbons (Fsp3) is 0.786. The van der Waals surface area contributed by atoms with E-state index in [2.05, 4.69) is 17.1 Å². The Morgan fingerprint density at radius 1 is 1.41 bits per heavy atom. The summed E-state index contributed by atoms with van der Waals surface area (Å²) in [6, 6.07) is 1.04. The van der Waals surface area contributed by atoms with Crippen molar-refractivity contribution in [3.05, 3.63) is 11.6 Å². The molecule has 1 N–H and O–H groups in total. The number of amides is 1. The third-order valence-electron chi connectivity index (χ3n) is 3.68. The number of carbonyl (C=O) groups is 1. The Hall–Kier alpha value is -0.830. The first kappa shape index (κ1) is 12.6. The van der Waals surface area contributed by atoms with Crippen LogP contribution >= 0.6 is 0 Å². The monoisotopic (exact) mass is 236 g/mol. The molecule has 1 aliphatic heterocycles. The highest BCUT2D eigenvalue weighted by molar-refractivity contribution is 5.93. The van der Waals surface area contributed by atoms with Crippen molar-refractivity contribution >= 4 is 5.91 Å². The molecule has 1 atom stereocenters. The van der Waals surface area contributed by atoms with Gasteiger partial charge in [0.25, 0.3) is 0 Å². The molecule has 0 spiro atoms. The van der Waals surface area contributed by atoms with Gasteiger partial charge in [-0.2, -0.15) is 0 Å². The molecule has 1 heterocycles. The van der Waals surface area contributed by atoms with Gasteiger partial charge in [-0.25, -0.2) is 0 Å². The molecule has 0 radical (unpaired) electrons. The molecule has 2 fully saturated rings. The van der Waals surface area contributed by atoms with Crippen LogP contribution in [0.15, 0.2) is 11.6 Å². The Morgan fingerprint density at radius 2 is 2.18 bits per heavy atom. The molecule has 1 saturated carbocycles. The lowest BCUT2D eigenvalue weighted by atomic mass is 10.1. The topological polar surface area (TPSA) is 32.3 Å². The van der Waals surface area contributed by atoms with Crippen LogP contribution in [0.1, 0.15) is 46.0 Å². The van der Waals surface area contributed by atoms with Gasteiger partial charge in [-0.05, 0) is 45.6 Å². The number of nitrogens with zero attached hydrogens (tertiary/aromatic N) is 1. The summed E-state index contributed by atoms with van der Waals surface area (Å²) in [6.07, 6.45) is 7.83. The fourth-order valence-corrected chi connectivity index (χ4v) is 2.55. The van der Waals surface area contributed by atoms with Gasteiger partial charge in [0.05, 0.1) is 0 Å². The molecule has 1 amide bonds. The Bertz CT molecular complexity index is 301. The summed E-state index contributed by atoms with van der Waals surface area (Å²) < 4.78 is 0. The van der Waals surface area contributed by atoms with E-state index in [0.29, 0.717) is 12.1 Å². The molecule has 1 unspecified atom stereocenters. The van der Waals surface area contributed by atoms with Crippen LogP contribution in [0.2, 0.25) is 0 Å². The van der Waals surface area contributed by atoms with Crippen LogP contribution in [-0.4, -0.2) is 36.0 Å². The zero-order valence-electron chi connectivity index (χ0n) is 11.0. The maximum Gasteiger partial charge on any atom is 0.249 e. The summed E-state index contributed by atoms with van der Waals surface area (Å²) in [4.78, 5) is 14.4. The molecule has 0 bridgehead atoms. The van der Waals surface area contributed by atoms with E-state index in [4.69, 9.17) is 0 Å². The van der Waals surface area contributed by atoms with E-state index < -0.39 is 0 Å². The normalized spacial score (nSPS) is 25.1. The molecule has 1 saturated heterocycles. The largest absolute Gasteiger partial charge is 0.334 e. The van der Waals surface area contributed by atoms with Crippen LogP contribution in [0.4, 0.5) is 0 Å². The van der Waals surface area contributed by atoms with Crippen molar-refractivity contribution in [1.82, 2.24) is 10.2 Å². The molecular weight excluding hydrogens is 212 g/mol. The second-order valence-corrected chi connectivity index (χ2v) is 5.28. The van der Waals surface area contributed by atoms with Gasteiger partial charge in [-0.15, -0.1) is 0 Å². The third-order valence-corrected chi connectivity index (χ3v) is 3.68. The molecule has 17 heavy (non-hydrogen) atoms. The molecule has 2 aliphatic rings. The average Bonchev–Trinajstić information content (AvgIpc) is 3.03. The Balaban J connectivity index is 1.96. The minimum atomic E-state index is 0.253. The summed E-state index contributed by atoms with van der Waals surface area (Å²) in [6.45, 7) is 6.04. The van der Waals surface area contributed by atoms with E-state index in [1.165, 1.54) is 25.7 Å². The van der Waals surface area contributed by atoms with Crippen molar-refractivity contribution in [3.63, 3.8) is 0 Å². The van der Waals surface area contributed by atoms with Gasteiger partial charge < -0.3 is 10.2 Å². The first-order valence-electron chi connectivity index (χ1n) is 6.93. The highest BCUT2D eigenvalue weighted by Crippen LogP contribution is 2.29. The van der Waals surface area contributed by atoms with Gasteiger partial charge >= 0.3 is 0 Å². The number of hydrogen-bond donors (Lipinski definition) is 1. The number of hydrogen-bond acceptors (Lipinski definition) is 2. The number of rotatable bonds is 5. The zero-order chi connectivity index (χ0) is 12.3. The van der Waals surface area contributed by atoms with Crippen LogP contribution < -0.4 is 5.32 Å². The van der Waals surface area contributed by atoms with Gasteiger partial charge in [0, 0.05) is 24.2 Å². The Kier molecular flexibility index (Phi) is 4.21. The summed E-state index contributed by atoms with van der Waals surface area (Å²) >= 11 is 0. The first-order chi connectivity index (χ1) is 8.22. The van der Waals surface area contributed by atoms with E-state index in [1.807, 2.05) is 13.0 Å². The second kappa shape index (κ2) is 5.67. The summed E-state index contributed by atoms with van der Waals surface area (Å²) in [5.41, 5.74) is 0.914. The molecule has 0 aromatic heterocycles. The highest BCUT2D eigenvalue weighted by Gasteiger charge is 2.34. The van der Waals surface area contributed by atoms with E-state index in [-0.39, 0.29) is 5.91 Å². The van der Waals surface area contributed by atoms with Crippen molar-refractivity contribution in [2.45, 2.75) is 58.0 Å². The van der Waals surface area contributed by atoms with E-state index in [0.717, 1.165) is 25.1 Å². The van der Waals surface area contributed by atoms with Crippen LogP contribution in [0.25, 0.3) is 0 Å². The maximum absolute atomic E-state index is 12.3. The van der Waals surface area contributed by atoms with Crippen molar-refractivity contribution < 1.29 is 4.79 Å². The minimum Gasteiger partial charge on any atom is -0.334 e. The van der Waals surface area contributed by atoms with Crippen LogP contribution in [-0.2, 0) is 4.79 Å². The standard InChI is InChI=1S/C14H24N2O/c1-3-5-11(2)14(17)16(13-7-8-13)10-12-6-4-9-15-12/h5,12-13,15H,3-4,6-10H2,1-2H3/b11-5-. The molecule has 2 rings (SSSR count). The van der Waals surface area contributed by atoms with Crippen LogP contribution in [0.3, 0.4) is 0 Å². The summed E-state index contributed by atoms with van der Waals surface area (Å²) in [7, 11) is 0. The SMILES string of the molecule is CC/C=C(/C)C(=O)N(CC1CCCN1)C1CC1. The lowest BCUT2D eigenvalue weighted by Gasteiger charge is -2.26. The van der Waals surface area contributed by atoms with Gasteiger partial charge in [0.15, 0.2) is 0 Å². The average molecular weight is 236 g/mol. The molecule has 3 heteroatoms. The highest BCUT2D eigenvalue weighted by atomic mass is 16.2. The number of nitrogens with one attached hydrogen (secondary N) is 1. The Labute approximate surface area is 104 Å². The minimum absolute atomic E-state index is 0.253. The van der Waals surface area contributed by atoms with Crippen molar-refractivity contribution in [1.29, 1.82) is 0 Å². The smallest absolute Gasteiger partial charge is 0.249 e. The summed E-state index contributed by atoms with van der Waals surface area (Å²) in [5, 5.41) is 3.48. The number of carbonyl (C=O) groups excluding carboxylic acids is 1. The molecule has 0 aromatic carbocycles.